The second-order valence-corrected chi connectivity index (χ2v) is 3.82. The third-order valence-electron chi connectivity index (χ3n) is 2.53. The second-order valence-electron chi connectivity index (χ2n) is 3.82. The molecule has 0 saturated heterocycles. The number of aromatic nitrogens is 2. The summed E-state index contributed by atoms with van der Waals surface area (Å²) in [6.07, 6.45) is 1.39. The van der Waals surface area contributed by atoms with Crippen LogP contribution in [-0.2, 0) is 6.42 Å². The highest BCUT2D eigenvalue weighted by molar-refractivity contribution is 5.87. The molecule has 0 fully saturated rings. The summed E-state index contributed by atoms with van der Waals surface area (Å²) in [6, 6.07) is 2.89. The lowest BCUT2D eigenvalue weighted by Crippen LogP contribution is -2.04. The van der Waals surface area contributed by atoms with E-state index in [4.69, 9.17) is 10.2 Å². The number of carboxylic acid groups (broad SMARTS) is 1. The molecular weight excluding hydrogens is 258 g/mol. The molecule has 0 aliphatic carbocycles. The summed E-state index contributed by atoms with van der Waals surface area (Å²) in [6.45, 7) is -0.252. The monoisotopic (exact) mass is 268 g/mol. The highest BCUT2D eigenvalue weighted by Gasteiger charge is 2.17. The second kappa shape index (κ2) is 5.15. The predicted molar refractivity (Wildman–Crippen MR) is 61.2 cm³/mol. The lowest BCUT2D eigenvalue weighted by Gasteiger charge is -2.02. The van der Waals surface area contributed by atoms with Crippen LogP contribution in [0.5, 0.6) is 0 Å². The Labute approximate surface area is 106 Å². The molecule has 2 aromatic rings. The molecule has 0 bridgehead atoms. The van der Waals surface area contributed by atoms with Crippen LogP contribution in [0, 0.1) is 11.6 Å². The number of aromatic carboxylic acids is 1. The van der Waals surface area contributed by atoms with Crippen LogP contribution in [0.15, 0.2) is 24.4 Å². The smallest absolute Gasteiger partial charge is 0.356 e. The van der Waals surface area contributed by atoms with Gasteiger partial charge in [-0.2, -0.15) is 5.10 Å². The Morgan fingerprint density at radius 2 is 2.11 bits per heavy atom. The number of benzene rings is 1. The minimum atomic E-state index is -1.27. The quantitative estimate of drug-likeness (QED) is 0.878. The van der Waals surface area contributed by atoms with Gasteiger partial charge in [0.05, 0.1) is 0 Å². The molecule has 5 nitrogen and oxygen atoms in total. The van der Waals surface area contributed by atoms with Gasteiger partial charge >= 0.3 is 5.97 Å². The zero-order valence-electron chi connectivity index (χ0n) is 9.68. The molecule has 0 amide bonds. The van der Waals surface area contributed by atoms with Crippen molar-refractivity contribution >= 4 is 5.97 Å². The molecular formula is C12H10F2N2O3. The van der Waals surface area contributed by atoms with Crippen molar-refractivity contribution in [3.05, 3.63) is 47.3 Å². The van der Waals surface area contributed by atoms with Crippen LogP contribution in [0.3, 0.4) is 0 Å². The zero-order valence-corrected chi connectivity index (χ0v) is 9.68. The number of rotatable bonds is 4. The standard InChI is InChI=1S/C12H10F2N2O3/c13-8-1-2-10(9(14)5-8)16-6-7(3-4-17)11(15-16)12(18)19/h1-2,5-6,17H,3-4H2,(H,18,19). The number of carbonyl (C=O) groups is 1. The molecule has 0 saturated carbocycles. The average molecular weight is 268 g/mol. The van der Waals surface area contributed by atoms with Gasteiger partial charge in [0, 0.05) is 24.4 Å². The molecule has 1 heterocycles. The average Bonchev–Trinajstić information content (AvgIpc) is 2.73. The molecule has 2 rings (SSSR count). The summed E-state index contributed by atoms with van der Waals surface area (Å²) in [5.74, 6) is -2.86. The van der Waals surface area contributed by atoms with E-state index in [0.29, 0.717) is 6.07 Å². The van der Waals surface area contributed by atoms with Gasteiger partial charge in [-0.1, -0.05) is 0 Å². The van der Waals surface area contributed by atoms with E-state index in [1.807, 2.05) is 0 Å². The number of aliphatic hydroxyl groups is 1. The van der Waals surface area contributed by atoms with Crippen molar-refractivity contribution in [2.45, 2.75) is 6.42 Å². The largest absolute Gasteiger partial charge is 0.476 e. The predicted octanol–water partition coefficient (Wildman–Crippen LogP) is 1.38. The summed E-state index contributed by atoms with van der Waals surface area (Å²) in [5.41, 5.74) is -0.0513. The van der Waals surface area contributed by atoms with Gasteiger partial charge in [-0.3, -0.25) is 0 Å². The van der Waals surface area contributed by atoms with Gasteiger partial charge < -0.3 is 10.2 Å². The van der Waals surface area contributed by atoms with E-state index in [2.05, 4.69) is 5.10 Å². The highest BCUT2D eigenvalue weighted by atomic mass is 19.1. The first-order valence-electron chi connectivity index (χ1n) is 5.41. The molecule has 0 atom stereocenters. The summed E-state index contributed by atoms with van der Waals surface area (Å²) in [5, 5.41) is 21.5. The van der Waals surface area contributed by atoms with Crippen molar-refractivity contribution in [2.75, 3.05) is 6.61 Å². The van der Waals surface area contributed by atoms with Crippen LogP contribution < -0.4 is 0 Å². The topological polar surface area (TPSA) is 75.3 Å². The Morgan fingerprint density at radius 1 is 1.37 bits per heavy atom. The minimum absolute atomic E-state index is 0.0620. The summed E-state index contributed by atoms with van der Waals surface area (Å²) < 4.78 is 27.4. The van der Waals surface area contributed by atoms with Crippen LogP contribution in [0.25, 0.3) is 5.69 Å². The van der Waals surface area contributed by atoms with Crippen LogP contribution in [0.1, 0.15) is 16.1 Å². The summed E-state index contributed by atoms with van der Waals surface area (Å²) >= 11 is 0. The third kappa shape index (κ3) is 2.60. The maximum Gasteiger partial charge on any atom is 0.356 e. The fourth-order valence-electron chi connectivity index (χ4n) is 1.68. The molecule has 1 aromatic heterocycles. The van der Waals surface area contributed by atoms with Gasteiger partial charge in [-0.25, -0.2) is 18.3 Å². The van der Waals surface area contributed by atoms with Gasteiger partial charge in [-0.05, 0) is 18.6 Å². The molecule has 7 heteroatoms. The maximum atomic E-state index is 13.6. The van der Waals surface area contributed by atoms with Gasteiger partial charge in [0.15, 0.2) is 11.5 Å². The van der Waals surface area contributed by atoms with Gasteiger partial charge in [0.2, 0.25) is 0 Å². The van der Waals surface area contributed by atoms with Crippen LogP contribution >= 0.6 is 0 Å². The van der Waals surface area contributed by atoms with Gasteiger partial charge in [0.25, 0.3) is 0 Å². The minimum Gasteiger partial charge on any atom is -0.476 e. The fourth-order valence-corrected chi connectivity index (χ4v) is 1.68. The number of nitrogens with zero attached hydrogens (tertiary/aromatic N) is 2. The Morgan fingerprint density at radius 3 is 2.68 bits per heavy atom. The van der Waals surface area contributed by atoms with Crippen molar-refractivity contribution in [3.63, 3.8) is 0 Å². The first-order valence-corrected chi connectivity index (χ1v) is 5.41. The molecule has 0 aliphatic heterocycles. The number of hydrogen-bond acceptors (Lipinski definition) is 3. The number of aliphatic hydroxyl groups excluding tert-OH is 1. The molecule has 0 radical (unpaired) electrons. The molecule has 100 valence electrons. The van der Waals surface area contributed by atoms with Crippen molar-refractivity contribution in [3.8, 4) is 5.69 Å². The molecule has 0 aliphatic rings. The van der Waals surface area contributed by atoms with Crippen LogP contribution in [-0.4, -0.2) is 32.6 Å². The maximum absolute atomic E-state index is 13.6. The zero-order chi connectivity index (χ0) is 14.0. The molecule has 0 spiro atoms. The lowest BCUT2D eigenvalue weighted by atomic mass is 10.2. The van der Waals surface area contributed by atoms with E-state index in [-0.39, 0.29) is 30.0 Å². The van der Waals surface area contributed by atoms with E-state index in [9.17, 15) is 13.6 Å². The van der Waals surface area contributed by atoms with Crippen molar-refractivity contribution < 1.29 is 23.8 Å². The molecule has 0 unspecified atom stereocenters. The first-order chi connectivity index (χ1) is 9.02. The molecule has 1 aromatic carbocycles. The molecule has 19 heavy (non-hydrogen) atoms. The SMILES string of the molecule is O=C(O)c1nn(-c2ccc(F)cc2F)cc1CCO. The number of halogens is 2. The Kier molecular flexibility index (Phi) is 3.57. The molecule has 2 N–H and O–H groups in total. The van der Waals surface area contributed by atoms with Crippen molar-refractivity contribution in [1.29, 1.82) is 0 Å². The third-order valence-corrected chi connectivity index (χ3v) is 2.53. The Hall–Kier alpha value is -2.28. The van der Waals surface area contributed by atoms with Gasteiger partial charge in [-0.15, -0.1) is 0 Å². The van der Waals surface area contributed by atoms with Crippen LogP contribution in [0.2, 0.25) is 0 Å². The first kappa shape index (κ1) is 13.2. The lowest BCUT2D eigenvalue weighted by molar-refractivity contribution is 0.0688. The van der Waals surface area contributed by atoms with Gasteiger partial charge in [0.1, 0.15) is 11.5 Å². The highest BCUT2D eigenvalue weighted by Crippen LogP contribution is 2.17. The summed E-state index contributed by atoms with van der Waals surface area (Å²) in [4.78, 5) is 11.0. The van der Waals surface area contributed by atoms with Crippen LogP contribution in [0.4, 0.5) is 8.78 Å². The van der Waals surface area contributed by atoms with E-state index in [1.54, 1.807) is 0 Å². The van der Waals surface area contributed by atoms with E-state index in [0.717, 1.165) is 16.8 Å². The number of carboxylic acids is 1. The van der Waals surface area contributed by atoms with Crippen molar-refractivity contribution in [1.82, 2.24) is 9.78 Å². The van der Waals surface area contributed by atoms with Crippen molar-refractivity contribution in [2.24, 2.45) is 0 Å². The fraction of sp³-hybridized carbons (Fsp3) is 0.167. The van der Waals surface area contributed by atoms with E-state index in [1.165, 1.54) is 6.20 Å². The Balaban J connectivity index is 2.50. The summed E-state index contributed by atoms with van der Waals surface area (Å²) in [7, 11) is 0. The number of hydrogen-bond donors (Lipinski definition) is 2. The van der Waals surface area contributed by atoms with E-state index >= 15 is 0 Å². The van der Waals surface area contributed by atoms with E-state index < -0.39 is 17.6 Å². The Bertz CT molecular complexity index is 625. The normalized spacial score (nSPS) is 10.7.